The minimum absolute atomic E-state index is 0.0373. The number of hydrogen-bond donors (Lipinski definition) is 2. The van der Waals surface area contributed by atoms with E-state index in [4.69, 9.17) is 14.8 Å². The van der Waals surface area contributed by atoms with Crippen molar-refractivity contribution in [3.8, 4) is 16.9 Å². The third-order valence-electron chi connectivity index (χ3n) is 2.75. The van der Waals surface area contributed by atoms with Gasteiger partial charge in [-0.2, -0.15) is 0 Å². The van der Waals surface area contributed by atoms with E-state index in [1.165, 1.54) is 31.4 Å². The van der Waals surface area contributed by atoms with E-state index in [1.54, 1.807) is 0 Å². The fourth-order valence-electron chi connectivity index (χ4n) is 1.76. The lowest BCUT2D eigenvalue weighted by molar-refractivity contribution is 0.386. The quantitative estimate of drug-likeness (QED) is 0.822. The Labute approximate surface area is 109 Å². The van der Waals surface area contributed by atoms with Crippen LogP contribution in [-0.4, -0.2) is 24.3 Å². The molecule has 98 valence electrons. The molecule has 0 aliphatic rings. The van der Waals surface area contributed by atoms with E-state index in [2.05, 4.69) is 0 Å². The third-order valence-corrected chi connectivity index (χ3v) is 2.75. The molecule has 3 nitrogen and oxygen atoms in total. The van der Waals surface area contributed by atoms with Gasteiger partial charge in [-0.15, -0.1) is 0 Å². The van der Waals surface area contributed by atoms with Crippen molar-refractivity contribution in [2.24, 2.45) is 0 Å². The summed E-state index contributed by atoms with van der Waals surface area (Å²) in [4.78, 5) is 0. The van der Waals surface area contributed by atoms with Crippen LogP contribution in [0, 0.1) is 11.6 Å². The minimum Gasteiger partial charge on any atom is -0.494 e. The average molecular weight is 264 g/mol. The summed E-state index contributed by atoms with van der Waals surface area (Å²) >= 11 is 0. The van der Waals surface area contributed by atoms with Gasteiger partial charge in [-0.3, -0.25) is 0 Å². The molecule has 2 N–H and O–H groups in total. The molecule has 0 radical (unpaired) electrons. The zero-order valence-electron chi connectivity index (χ0n) is 10.1. The summed E-state index contributed by atoms with van der Waals surface area (Å²) in [7, 11) is -0.396. The van der Waals surface area contributed by atoms with Gasteiger partial charge in [0.2, 0.25) is 0 Å². The molecule has 0 fully saturated rings. The Morgan fingerprint density at radius 1 is 1.00 bits per heavy atom. The van der Waals surface area contributed by atoms with Gasteiger partial charge in [0.05, 0.1) is 7.11 Å². The van der Waals surface area contributed by atoms with Gasteiger partial charge in [0.15, 0.2) is 11.6 Å². The van der Waals surface area contributed by atoms with Gasteiger partial charge in [0.1, 0.15) is 5.82 Å². The van der Waals surface area contributed by atoms with Gasteiger partial charge < -0.3 is 14.8 Å². The first kappa shape index (κ1) is 13.5. The monoisotopic (exact) mass is 264 g/mol. The molecule has 0 aliphatic carbocycles. The lowest BCUT2D eigenvalue weighted by Crippen LogP contribution is -2.29. The molecule has 0 unspecified atom stereocenters. The topological polar surface area (TPSA) is 49.7 Å². The second-order valence-corrected chi connectivity index (χ2v) is 3.96. The largest absolute Gasteiger partial charge is 0.494 e. The number of benzene rings is 2. The van der Waals surface area contributed by atoms with Gasteiger partial charge in [0.25, 0.3) is 0 Å². The lowest BCUT2D eigenvalue weighted by atomic mass is 9.79. The third kappa shape index (κ3) is 2.75. The lowest BCUT2D eigenvalue weighted by Gasteiger charge is -2.08. The first-order valence-electron chi connectivity index (χ1n) is 5.52. The highest BCUT2D eigenvalue weighted by Gasteiger charge is 2.15. The van der Waals surface area contributed by atoms with E-state index >= 15 is 0 Å². The fourth-order valence-corrected chi connectivity index (χ4v) is 1.76. The minimum atomic E-state index is -1.74. The van der Waals surface area contributed by atoms with Crippen molar-refractivity contribution in [3.63, 3.8) is 0 Å². The van der Waals surface area contributed by atoms with Crippen LogP contribution in [0.5, 0.6) is 5.75 Å². The van der Waals surface area contributed by atoms with Crippen LogP contribution in [0.4, 0.5) is 8.78 Å². The van der Waals surface area contributed by atoms with E-state index in [0.29, 0.717) is 5.56 Å². The van der Waals surface area contributed by atoms with Crippen molar-refractivity contribution < 1.29 is 23.6 Å². The Kier molecular flexibility index (Phi) is 3.83. The number of ether oxygens (including phenoxy) is 1. The van der Waals surface area contributed by atoms with Crippen molar-refractivity contribution >= 4 is 12.6 Å². The molecule has 0 amide bonds. The van der Waals surface area contributed by atoms with Crippen LogP contribution in [-0.2, 0) is 0 Å². The number of methoxy groups -OCH3 is 1. The fraction of sp³-hybridized carbons (Fsp3) is 0.0769. The zero-order valence-corrected chi connectivity index (χ0v) is 10.1. The van der Waals surface area contributed by atoms with Gasteiger partial charge in [-0.05, 0) is 29.2 Å². The molecule has 0 atom stereocenters. The SMILES string of the molecule is COc1ccc(-c2ccc(B(O)O)cc2F)cc1F. The Morgan fingerprint density at radius 3 is 2.26 bits per heavy atom. The maximum absolute atomic E-state index is 13.8. The van der Waals surface area contributed by atoms with Crippen LogP contribution < -0.4 is 10.2 Å². The number of halogens is 2. The highest BCUT2D eigenvalue weighted by atomic mass is 19.1. The summed E-state index contributed by atoms with van der Waals surface area (Å²) in [5, 5.41) is 17.9. The van der Waals surface area contributed by atoms with Gasteiger partial charge in [0, 0.05) is 5.56 Å². The molecule has 0 saturated heterocycles. The van der Waals surface area contributed by atoms with E-state index < -0.39 is 18.8 Å². The van der Waals surface area contributed by atoms with Gasteiger partial charge >= 0.3 is 7.12 Å². The van der Waals surface area contributed by atoms with Crippen molar-refractivity contribution in [2.75, 3.05) is 7.11 Å². The molecular formula is C13H11BF2O3. The zero-order chi connectivity index (χ0) is 14.0. The highest BCUT2D eigenvalue weighted by molar-refractivity contribution is 6.58. The van der Waals surface area contributed by atoms with E-state index in [9.17, 15) is 8.78 Å². The molecular weight excluding hydrogens is 253 g/mol. The van der Waals surface area contributed by atoms with Gasteiger partial charge in [-0.25, -0.2) is 8.78 Å². The molecule has 2 rings (SSSR count). The number of hydrogen-bond acceptors (Lipinski definition) is 3. The van der Waals surface area contributed by atoms with Crippen LogP contribution in [0.2, 0.25) is 0 Å². The maximum Gasteiger partial charge on any atom is 0.488 e. The summed E-state index contributed by atoms with van der Waals surface area (Å²) in [6, 6.07) is 7.82. The molecule has 0 aliphatic heterocycles. The predicted molar refractivity (Wildman–Crippen MR) is 68.2 cm³/mol. The van der Waals surface area contributed by atoms with Crippen molar-refractivity contribution in [2.45, 2.75) is 0 Å². The molecule has 0 aromatic heterocycles. The Hall–Kier alpha value is -1.92. The molecule has 0 bridgehead atoms. The van der Waals surface area contributed by atoms with E-state index in [1.807, 2.05) is 0 Å². The second-order valence-electron chi connectivity index (χ2n) is 3.96. The highest BCUT2D eigenvalue weighted by Crippen LogP contribution is 2.26. The molecule has 0 saturated carbocycles. The van der Waals surface area contributed by atoms with Crippen LogP contribution in [0.3, 0.4) is 0 Å². The Bertz CT molecular complexity index is 602. The number of rotatable bonds is 3. The normalized spacial score (nSPS) is 10.4. The first-order valence-corrected chi connectivity index (χ1v) is 5.52. The van der Waals surface area contributed by atoms with Crippen molar-refractivity contribution in [3.05, 3.63) is 48.0 Å². The van der Waals surface area contributed by atoms with E-state index in [-0.39, 0.29) is 16.8 Å². The molecule has 2 aromatic carbocycles. The summed E-state index contributed by atoms with van der Waals surface area (Å²) in [6.45, 7) is 0. The van der Waals surface area contributed by atoms with Crippen LogP contribution in [0.15, 0.2) is 36.4 Å². The molecule has 0 heterocycles. The molecule has 19 heavy (non-hydrogen) atoms. The summed E-state index contributed by atoms with van der Waals surface area (Å²) in [6.07, 6.45) is 0. The summed E-state index contributed by atoms with van der Waals surface area (Å²) in [5.41, 5.74) is 0.552. The molecule has 2 aromatic rings. The second kappa shape index (κ2) is 5.38. The smallest absolute Gasteiger partial charge is 0.488 e. The molecule has 6 heteroatoms. The van der Waals surface area contributed by atoms with E-state index in [0.717, 1.165) is 12.1 Å². The van der Waals surface area contributed by atoms with Crippen LogP contribution >= 0.6 is 0 Å². The van der Waals surface area contributed by atoms with Crippen molar-refractivity contribution in [1.29, 1.82) is 0 Å². The first-order chi connectivity index (χ1) is 9.02. The van der Waals surface area contributed by atoms with Crippen molar-refractivity contribution in [1.82, 2.24) is 0 Å². The standard InChI is InChI=1S/C13H11BF2O3/c1-19-13-5-2-8(6-12(13)16)10-4-3-9(14(17)18)7-11(10)15/h2-7,17-18H,1H3. The predicted octanol–water partition coefficient (Wildman–Crippen LogP) is 1.32. The van der Waals surface area contributed by atoms with Crippen LogP contribution in [0.1, 0.15) is 0 Å². The van der Waals surface area contributed by atoms with Crippen LogP contribution in [0.25, 0.3) is 11.1 Å². The average Bonchev–Trinajstić information content (AvgIpc) is 2.38. The summed E-state index contributed by atoms with van der Waals surface area (Å²) in [5.74, 6) is -1.17. The maximum atomic E-state index is 13.8. The Balaban J connectivity index is 2.44. The molecule has 0 spiro atoms. The Morgan fingerprint density at radius 2 is 1.74 bits per heavy atom. The summed E-state index contributed by atoms with van der Waals surface area (Å²) < 4.78 is 32.2. The van der Waals surface area contributed by atoms with Gasteiger partial charge in [-0.1, -0.05) is 18.2 Å².